The fourth-order valence-electron chi connectivity index (χ4n) is 2.64. The zero-order valence-corrected chi connectivity index (χ0v) is 13.6. The van der Waals surface area contributed by atoms with Crippen molar-refractivity contribution in [1.82, 2.24) is 14.9 Å². The number of hydrogen-bond acceptors (Lipinski definition) is 6. The van der Waals surface area contributed by atoms with Gasteiger partial charge in [0, 0.05) is 31.1 Å². The summed E-state index contributed by atoms with van der Waals surface area (Å²) >= 11 is 0. The van der Waals surface area contributed by atoms with Crippen LogP contribution in [-0.2, 0) is 0 Å². The second-order valence-corrected chi connectivity index (χ2v) is 6.42. The van der Waals surface area contributed by atoms with Crippen molar-refractivity contribution in [3.8, 4) is 0 Å². The predicted octanol–water partition coefficient (Wildman–Crippen LogP) is 2.03. The standard InChI is InChI=1S/C15H28N6/c1-10(2)15-18-13(7-14(19-15)20-16)17-8-12-5-6-21(9-12)11(3)4/h7,10-12H,5-6,8-9,16H2,1-4H3,(H2,17,18,19,20). The molecule has 0 bridgehead atoms. The van der Waals surface area contributed by atoms with Crippen molar-refractivity contribution >= 4 is 11.6 Å². The molecule has 21 heavy (non-hydrogen) atoms. The molecule has 1 fully saturated rings. The average Bonchev–Trinajstić information content (AvgIpc) is 2.93. The number of nitrogens with two attached hydrogens (primary N) is 1. The molecule has 0 radical (unpaired) electrons. The minimum Gasteiger partial charge on any atom is -0.370 e. The Morgan fingerprint density at radius 3 is 2.57 bits per heavy atom. The largest absolute Gasteiger partial charge is 0.370 e. The Hall–Kier alpha value is -1.40. The lowest BCUT2D eigenvalue weighted by molar-refractivity contribution is 0.266. The van der Waals surface area contributed by atoms with Crippen LogP contribution in [0.5, 0.6) is 0 Å². The highest BCUT2D eigenvalue weighted by Gasteiger charge is 2.24. The normalized spacial score (nSPS) is 19.5. The SMILES string of the molecule is CC(C)c1nc(NN)cc(NCC2CCN(C(C)C)C2)n1. The van der Waals surface area contributed by atoms with Crippen LogP contribution in [0.1, 0.15) is 45.9 Å². The van der Waals surface area contributed by atoms with Crippen LogP contribution in [0.4, 0.5) is 11.6 Å². The first kappa shape index (κ1) is 16.0. The first-order chi connectivity index (χ1) is 9.99. The predicted molar refractivity (Wildman–Crippen MR) is 87.2 cm³/mol. The lowest BCUT2D eigenvalue weighted by atomic mass is 10.1. The van der Waals surface area contributed by atoms with E-state index in [-0.39, 0.29) is 5.92 Å². The first-order valence-corrected chi connectivity index (χ1v) is 7.83. The van der Waals surface area contributed by atoms with E-state index < -0.39 is 0 Å². The number of nitrogen functional groups attached to an aromatic ring is 1. The summed E-state index contributed by atoms with van der Waals surface area (Å²) < 4.78 is 0. The maximum absolute atomic E-state index is 5.48. The van der Waals surface area contributed by atoms with E-state index in [4.69, 9.17) is 5.84 Å². The summed E-state index contributed by atoms with van der Waals surface area (Å²) in [5.41, 5.74) is 2.61. The van der Waals surface area contributed by atoms with Gasteiger partial charge in [0.15, 0.2) is 0 Å². The third-order valence-corrected chi connectivity index (χ3v) is 4.03. The maximum atomic E-state index is 5.48. The molecule has 6 nitrogen and oxygen atoms in total. The third-order valence-electron chi connectivity index (χ3n) is 4.03. The quantitative estimate of drug-likeness (QED) is 0.550. The molecule has 4 N–H and O–H groups in total. The van der Waals surface area contributed by atoms with Gasteiger partial charge in [0.25, 0.3) is 0 Å². The Kier molecular flexibility index (Phi) is 5.36. The van der Waals surface area contributed by atoms with Gasteiger partial charge in [-0.05, 0) is 32.7 Å². The fraction of sp³-hybridized carbons (Fsp3) is 0.733. The Bertz CT molecular complexity index is 459. The number of rotatable bonds is 6. The highest BCUT2D eigenvalue weighted by atomic mass is 15.3. The van der Waals surface area contributed by atoms with Gasteiger partial charge in [-0.3, -0.25) is 0 Å². The fourth-order valence-corrected chi connectivity index (χ4v) is 2.64. The molecule has 0 spiro atoms. The molecule has 1 atom stereocenters. The second kappa shape index (κ2) is 7.04. The molecule has 1 saturated heterocycles. The molecule has 0 saturated carbocycles. The zero-order valence-electron chi connectivity index (χ0n) is 13.6. The summed E-state index contributed by atoms with van der Waals surface area (Å²) in [4.78, 5) is 11.5. The van der Waals surface area contributed by atoms with Crippen molar-refractivity contribution in [2.45, 2.75) is 46.1 Å². The van der Waals surface area contributed by atoms with E-state index in [2.05, 4.69) is 53.3 Å². The van der Waals surface area contributed by atoms with Crippen LogP contribution in [0.25, 0.3) is 0 Å². The summed E-state index contributed by atoms with van der Waals surface area (Å²) in [6.45, 7) is 12.0. The van der Waals surface area contributed by atoms with Gasteiger partial charge in [-0.15, -0.1) is 0 Å². The van der Waals surface area contributed by atoms with Crippen molar-refractivity contribution in [2.24, 2.45) is 11.8 Å². The molecule has 2 rings (SSSR count). The summed E-state index contributed by atoms with van der Waals surface area (Å²) in [5, 5.41) is 3.44. The summed E-state index contributed by atoms with van der Waals surface area (Å²) in [6, 6.07) is 2.50. The second-order valence-electron chi connectivity index (χ2n) is 6.42. The van der Waals surface area contributed by atoms with Crippen LogP contribution in [0, 0.1) is 5.92 Å². The molecular weight excluding hydrogens is 264 g/mol. The van der Waals surface area contributed by atoms with E-state index in [1.807, 2.05) is 6.07 Å². The van der Waals surface area contributed by atoms with Crippen LogP contribution < -0.4 is 16.6 Å². The Balaban J connectivity index is 1.95. The number of hydrazine groups is 1. The highest BCUT2D eigenvalue weighted by Crippen LogP contribution is 2.20. The van der Waals surface area contributed by atoms with Gasteiger partial charge in [-0.2, -0.15) is 0 Å². The van der Waals surface area contributed by atoms with E-state index in [1.165, 1.54) is 13.0 Å². The summed E-state index contributed by atoms with van der Waals surface area (Å²) in [5.74, 6) is 8.76. The number of anilines is 2. The Morgan fingerprint density at radius 1 is 1.29 bits per heavy atom. The van der Waals surface area contributed by atoms with Crippen molar-refractivity contribution in [3.63, 3.8) is 0 Å². The monoisotopic (exact) mass is 292 g/mol. The molecular formula is C15H28N6. The van der Waals surface area contributed by atoms with Crippen LogP contribution in [0.2, 0.25) is 0 Å². The van der Waals surface area contributed by atoms with E-state index in [9.17, 15) is 0 Å². The molecule has 1 unspecified atom stereocenters. The molecule has 118 valence electrons. The first-order valence-electron chi connectivity index (χ1n) is 7.83. The Labute approximate surface area is 127 Å². The minimum absolute atomic E-state index is 0.279. The van der Waals surface area contributed by atoms with E-state index in [0.717, 1.165) is 24.7 Å². The van der Waals surface area contributed by atoms with Crippen molar-refractivity contribution in [2.75, 3.05) is 30.4 Å². The van der Waals surface area contributed by atoms with E-state index in [1.54, 1.807) is 0 Å². The van der Waals surface area contributed by atoms with Gasteiger partial charge >= 0.3 is 0 Å². The molecule has 6 heteroatoms. The number of nitrogens with one attached hydrogen (secondary N) is 2. The Morgan fingerprint density at radius 2 is 2.00 bits per heavy atom. The van der Waals surface area contributed by atoms with Crippen molar-refractivity contribution in [1.29, 1.82) is 0 Å². The zero-order chi connectivity index (χ0) is 15.4. The third kappa shape index (κ3) is 4.28. The minimum atomic E-state index is 0.279. The van der Waals surface area contributed by atoms with Crippen LogP contribution in [0.3, 0.4) is 0 Å². The van der Waals surface area contributed by atoms with Crippen LogP contribution in [-0.4, -0.2) is 40.5 Å². The number of hydrogen-bond donors (Lipinski definition) is 3. The molecule has 1 aliphatic heterocycles. The highest BCUT2D eigenvalue weighted by molar-refractivity contribution is 5.47. The van der Waals surface area contributed by atoms with Crippen LogP contribution >= 0.6 is 0 Å². The summed E-state index contributed by atoms with van der Waals surface area (Å²) in [7, 11) is 0. The molecule has 1 aromatic heterocycles. The van der Waals surface area contributed by atoms with Gasteiger partial charge in [0.05, 0.1) is 0 Å². The molecule has 0 aliphatic carbocycles. The van der Waals surface area contributed by atoms with Gasteiger partial charge in [0.1, 0.15) is 17.5 Å². The molecule has 0 aromatic carbocycles. The topological polar surface area (TPSA) is 79.1 Å². The van der Waals surface area contributed by atoms with Gasteiger partial charge < -0.3 is 15.6 Å². The lowest BCUT2D eigenvalue weighted by Gasteiger charge is -2.20. The van der Waals surface area contributed by atoms with Crippen LogP contribution in [0.15, 0.2) is 6.07 Å². The maximum Gasteiger partial charge on any atom is 0.145 e. The number of nitrogens with zero attached hydrogens (tertiary/aromatic N) is 3. The van der Waals surface area contributed by atoms with Crippen molar-refractivity contribution < 1.29 is 0 Å². The average molecular weight is 292 g/mol. The van der Waals surface area contributed by atoms with Gasteiger partial charge in [-0.1, -0.05) is 13.8 Å². The molecule has 1 aliphatic rings. The van der Waals surface area contributed by atoms with Gasteiger partial charge in [-0.25, -0.2) is 15.8 Å². The van der Waals surface area contributed by atoms with Gasteiger partial charge in [0.2, 0.25) is 0 Å². The van der Waals surface area contributed by atoms with E-state index in [0.29, 0.717) is 17.8 Å². The summed E-state index contributed by atoms with van der Waals surface area (Å²) in [6.07, 6.45) is 1.25. The molecule has 1 aromatic rings. The molecule has 0 amide bonds. The van der Waals surface area contributed by atoms with E-state index >= 15 is 0 Å². The number of aromatic nitrogens is 2. The van der Waals surface area contributed by atoms with Crippen molar-refractivity contribution in [3.05, 3.63) is 11.9 Å². The lowest BCUT2D eigenvalue weighted by Crippen LogP contribution is -2.29. The molecule has 2 heterocycles. The number of likely N-dealkylation sites (tertiary alicyclic amines) is 1. The smallest absolute Gasteiger partial charge is 0.145 e.